The predicted octanol–water partition coefficient (Wildman–Crippen LogP) is 6.61. The van der Waals surface area contributed by atoms with E-state index >= 15 is 0 Å². The number of hydrogen-bond acceptors (Lipinski definition) is 4. The van der Waals surface area contributed by atoms with Gasteiger partial charge in [-0.25, -0.2) is 4.79 Å². The molecule has 0 aliphatic carbocycles. The molecule has 0 bridgehead atoms. The summed E-state index contributed by atoms with van der Waals surface area (Å²) in [6.07, 6.45) is 0. The lowest BCUT2D eigenvalue weighted by Gasteiger charge is -2.28. The number of fused-ring (bicyclic) bond motifs is 1. The molecular weight excluding hydrogens is 420 g/mol. The maximum atomic E-state index is 12.9. The van der Waals surface area contributed by atoms with Crippen molar-refractivity contribution in [1.29, 1.82) is 0 Å². The van der Waals surface area contributed by atoms with Crippen LogP contribution in [-0.2, 0) is 19.6 Å². The Bertz CT molecular complexity index is 1370. The zero-order chi connectivity index (χ0) is 23.2. The molecule has 0 atom stereocenters. The lowest BCUT2D eigenvalue weighted by molar-refractivity contribution is 0.530. The fourth-order valence-electron chi connectivity index (χ4n) is 4.22. The summed E-state index contributed by atoms with van der Waals surface area (Å²) < 4.78 is 5.89. The molecule has 0 spiro atoms. The van der Waals surface area contributed by atoms with Gasteiger partial charge in [-0.15, -0.1) is 0 Å². The van der Waals surface area contributed by atoms with Crippen LogP contribution in [-0.4, -0.2) is 0 Å². The Morgan fingerprint density at radius 1 is 0.588 bits per heavy atom. The first-order valence-electron chi connectivity index (χ1n) is 11.4. The minimum atomic E-state index is -0.339. The lowest BCUT2D eigenvalue weighted by atomic mass is 10.1. The zero-order valence-corrected chi connectivity index (χ0v) is 18.9. The van der Waals surface area contributed by atoms with Crippen LogP contribution < -0.4 is 15.8 Å². The first-order chi connectivity index (χ1) is 16.8. The fraction of sp³-hybridized carbons (Fsp3) is 0.100. The number of benzene rings is 4. The van der Waals surface area contributed by atoms with E-state index in [-0.39, 0.29) is 5.63 Å². The Balaban J connectivity index is 1.63. The first kappa shape index (κ1) is 21.5. The van der Waals surface area contributed by atoms with Crippen LogP contribution in [0.4, 0.5) is 11.6 Å². The van der Waals surface area contributed by atoms with Crippen molar-refractivity contribution in [3.63, 3.8) is 0 Å². The summed E-state index contributed by atoms with van der Waals surface area (Å²) in [5, 5.41) is 4.86. The third-order valence-electron chi connectivity index (χ3n) is 5.86. The molecule has 0 fully saturated rings. The highest BCUT2D eigenvalue weighted by molar-refractivity contribution is 5.97. The minimum Gasteiger partial charge on any atom is -0.404 e. The average molecular weight is 447 g/mol. The first-order valence-corrected chi connectivity index (χ1v) is 11.4. The number of hydrogen-bond donors (Lipinski definition) is 1. The summed E-state index contributed by atoms with van der Waals surface area (Å²) in [5.74, 6) is 0.486. The predicted molar refractivity (Wildman–Crippen MR) is 139 cm³/mol. The molecule has 0 saturated heterocycles. The largest absolute Gasteiger partial charge is 0.404 e. The van der Waals surface area contributed by atoms with Gasteiger partial charge in [0.05, 0.1) is 5.39 Å². The summed E-state index contributed by atoms with van der Waals surface area (Å²) >= 11 is 0. The molecule has 0 aliphatic rings. The lowest BCUT2D eigenvalue weighted by Crippen LogP contribution is -2.24. The monoisotopic (exact) mass is 446 g/mol. The smallest absolute Gasteiger partial charge is 0.345 e. The molecular formula is C30H26N2O2. The van der Waals surface area contributed by atoms with Gasteiger partial charge in [0.1, 0.15) is 5.69 Å². The second-order valence-electron chi connectivity index (χ2n) is 8.28. The SMILES string of the molecule is O=c1oc(NCc2ccccc2)c(N(Cc2ccccc2)Cc2ccccc2)c2ccccc12. The van der Waals surface area contributed by atoms with Crippen LogP contribution in [0.1, 0.15) is 16.7 Å². The van der Waals surface area contributed by atoms with Crippen LogP contribution in [0.25, 0.3) is 10.8 Å². The van der Waals surface area contributed by atoms with Crippen LogP contribution in [0, 0.1) is 0 Å². The van der Waals surface area contributed by atoms with E-state index < -0.39 is 0 Å². The molecule has 0 aliphatic heterocycles. The molecule has 1 aromatic heterocycles. The van der Waals surface area contributed by atoms with Gasteiger partial charge in [0.2, 0.25) is 5.88 Å². The molecule has 34 heavy (non-hydrogen) atoms. The Hall–Kier alpha value is -4.31. The van der Waals surface area contributed by atoms with Crippen molar-refractivity contribution in [2.24, 2.45) is 0 Å². The van der Waals surface area contributed by atoms with Gasteiger partial charge in [0.15, 0.2) is 0 Å². The van der Waals surface area contributed by atoms with Crippen LogP contribution in [0.15, 0.2) is 124 Å². The van der Waals surface area contributed by atoms with Crippen molar-refractivity contribution in [1.82, 2.24) is 0 Å². The van der Waals surface area contributed by atoms with Gasteiger partial charge in [-0.05, 0) is 22.8 Å². The zero-order valence-electron chi connectivity index (χ0n) is 18.9. The fourth-order valence-corrected chi connectivity index (χ4v) is 4.22. The topological polar surface area (TPSA) is 45.5 Å². The van der Waals surface area contributed by atoms with Crippen LogP contribution in [0.3, 0.4) is 0 Å². The summed E-state index contributed by atoms with van der Waals surface area (Å²) in [5.41, 5.74) is 4.03. The molecule has 5 rings (SSSR count). The second kappa shape index (κ2) is 10.1. The van der Waals surface area contributed by atoms with Crippen LogP contribution >= 0.6 is 0 Å². The van der Waals surface area contributed by atoms with Gasteiger partial charge in [-0.1, -0.05) is 109 Å². The number of rotatable bonds is 8. The Morgan fingerprint density at radius 2 is 1.06 bits per heavy atom. The van der Waals surface area contributed by atoms with E-state index in [2.05, 4.69) is 46.6 Å². The Kier molecular flexibility index (Phi) is 6.39. The van der Waals surface area contributed by atoms with Gasteiger partial charge in [-0.2, -0.15) is 0 Å². The highest BCUT2D eigenvalue weighted by atomic mass is 16.4. The summed E-state index contributed by atoms with van der Waals surface area (Å²) in [4.78, 5) is 15.2. The van der Waals surface area contributed by atoms with E-state index in [0.29, 0.717) is 30.9 Å². The molecule has 4 heteroatoms. The van der Waals surface area contributed by atoms with E-state index in [4.69, 9.17) is 4.42 Å². The highest BCUT2D eigenvalue weighted by Crippen LogP contribution is 2.35. The van der Waals surface area contributed by atoms with Crippen molar-refractivity contribution < 1.29 is 4.42 Å². The van der Waals surface area contributed by atoms with Gasteiger partial charge < -0.3 is 14.6 Å². The molecule has 1 N–H and O–H groups in total. The number of nitrogens with zero attached hydrogens (tertiary/aromatic N) is 1. The van der Waals surface area contributed by atoms with E-state index in [1.807, 2.05) is 78.9 Å². The molecule has 4 aromatic carbocycles. The van der Waals surface area contributed by atoms with Crippen molar-refractivity contribution in [3.8, 4) is 0 Å². The summed E-state index contributed by atoms with van der Waals surface area (Å²) in [7, 11) is 0. The number of nitrogens with one attached hydrogen (secondary N) is 1. The Morgan fingerprint density at radius 3 is 1.62 bits per heavy atom. The van der Waals surface area contributed by atoms with E-state index in [1.165, 1.54) is 11.1 Å². The third kappa shape index (κ3) is 4.86. The van der Waals surface area contributed by atoms with Crippen molar-refractivity contribution >= 4 is 22.3 Å². The normalized spacial score (nSPS) is 10.8. The van der Waals surface area contributed by atoms with E-state index in [0.717, 1.165) is 16.6 Å². The minimum absolute atomic E-state index is 0.339. The highest BCUT2D eigenvalue weighted by Gasteiger charge is 2.20. The van der Waals surface area contributed by atoms with Gasteiger partial charge in [0.25, 0.3) is 0 Å². The maximum Gasteiger partial charge on any atom is 0.345 e. The van der Waals surface area contributed by atoms with Crippen LogP contribution in [0.2, 0.25) is 0 Å². The van der Waals surface area contributed by atoms with Gasteiger partial charge in [0, 0.05) is 25.0 Å². The van der Waals surface area contributed by atoms with Crippen molar-refractivity contribution in [3.05, 3.63) is 142 Å². The summed E-state index contributed by atoms with van der Waals surface area (Å²) in [6, 6.07) is 38.5. The van der Waals surface area contributed by atoms with E-state index in [1.54, 1.807) is 0 Å². The molecule has 0 amide bonds. The quantitative estimate of drug-likeness (QED) is 0.291. The molecule has 1 heterocycles. The maximum absolute atomic E-state index is 12.9. The molecule has 4 nitrogen and oxygen atoms in total. The number of anilines is 2. The third-order valence-corrected chi connectivity index (χ3v) is 5.86. The molecule has 0 saturated carbocycles. The summed E-state index contributed by atoms with van der Waals surface area (Å²) in [6.45, 7) is 1.90. The molecule has 0 unspecified atom stereocenters. The average Bonchev–Trinajstić information content (AvgIpc) is 2.89. The van der Waals surface area contributed by atoms with Gasteiger partial charge in [-0.3, -0.25) is 0 Å². The second-order valence-corrected chi connectivity index (χ2v) is 8.28. The Labute approximate surface area is 199 Å². The van der Waals surface area contributed by atoms with Crippen molar-refractivity contribution in [2.45, 2.75) is 19.6 Å². The standard InChI is InChI=1S/C30H26N2O2/c33-30-27-19-11-10-18-26(27)28(29(34-30)31-20-23-12-4-1-5-13-23)32(21-24-14-6-2-7-15-24)22-25-16-8-3-9-17-25/h1-19,31H,20-22H2. The van der Waals surface area contributed by atoms with E-state index in [9.17, 15) is 4.79 Å². The van der Waals surface area contributed by atoms with Crippen LogP contribution in [0.5, 0.6) is 0 Å². The molecule has 0 radical (unpaired) electrons. The van der Waals surface area contributed by atoms with Gasteiger partial charge >= 0.3 is 5.63 Å². The molecule has 5 aromatic rings. The molecule has 168 valence electrons. The van der Waals surface area contributed by atoms with Crippen molar-refractivity contribution in [2.75, 3.05) is 10.2 Å².